The van der Waals surface area contributed by atoms with Crippen LogP contribution in [0.25, 0.3) is 0 Å². The first kappa shape index (κ1) is 14.4. The van der Waals surface area contributed by atoms with E-state index in [0.29, 0.717) is 11.4 Å². The maximum atomic E-state index is 13.3. The first-order valence-corrected chi connectivity index (χ1v) is 6.96. The second kappa shape index (κ2) is 6.00. The lowest BCUT2D eigenvalue weighted by molar-refractivity contribution is -0.121. The van der Waals surface area contributed by atoms with Gasteiger partial charge in [0, 0.05) is 30.7 Å². The Balaban J connectivity index is 1.87. The van der Waals surface area contributed by atoms with Gasteiger partial charge in [0.25, 0.3) is 0 Å². The molecule has 0 N–H and O–H groups in total. The Hall–Kier alpha value is -0.960. The highest BCUT2D eigenvalue weighted by molar-refractivity contribution is 6.30. The standard InChI is InChI=1S/C15H17ClF2O/c16-13-5-1-3-11(7-13)8-14(19)9-12-4-2-6-15(17,18)10-12/h1,3,5,7,12H,2,4,6,8-10H2. The van der Waals surface area contributed by atoms with Crippen LogP contribution in [0.4, 0.5) is 8.78 Å². The van der Waals surface area contributed by atoms with E-state index in [1.165, 1.54) is 0 Å². The summed E-state index contributed by atoms with van der Waals surface area (Å²) in [5, 5.41) is 0.592. The zero-order valence-electron chi connectivity index (χ0n) is 10.7. The van der Waals surface area contributed by atoms with Gasteiger partial charge in [-0.15, -0.1) is 0 Å². The van der Waals surface area contributed by atoms with Gasteiger partial charge in [0.1, 0.15) is 5.78 Å². The lowest BCUT2D eigenvalue weighted by Crippen LogP contribution is -2.27. The molecule has 0 aromatic heterocycles. The average Bonchev–Trinajstić information content (AvgIpc) is 2.27. The van der Waals surface area contributed by atoms with Crippen molar-refractivity contribution in [3.8, 4) is 0 Å². The largest absolute Gasteiger partial charge is 0.299 e. The van der Waals surface area contributed by atoms with Crippen molar-refractivity contribution >= 4 is 17.4 Å². The lowest BCUT2D eigenvalue weighted by Gasteiger charge is -2.28. The molecule has 1 saturated carbocycles. The first-order chi connectivity index (χ1) is 8.94. The summed E-state index contributed by atoms with van der Waals surface area (Å²) in [6.07, 6.45) is 1.60. The predicted octanol–water partition coefficient (Wildman–Crippen LogP) is 4.67. The smallest absolute Gasteiger partial charge is 0.248 e. The summed E-state index contributed by atoms with van der Waals surface area (Å²) >= 11 is 5.85. The number of halogens is 3. The molecular weight excluding hydrogens is 270 g/mol. The average molecular weight is 287 g/mol. The van der Waals surface area contributed by atoms with Gasteiger partial charge in [-0.25, -0.2) is 8.78 Å². The SMILES string of the molecule is O=C(Cc1cccc(Cl)c1)CC1CCCC(F)(F)C1. The fourth-order valence-electron chi connectivity index (χ4n) is 2.72. The van der Waals surface area contributed by atoms with E-state index in [-0.39, 0.29) is 37.4 Å². The number of hydrogen-bond acceptors (Lipinski definition) is 1. The third kappa shape index (κ3) is 4.57. The fourth-order valence-corrected chi connectivity index (χ4v) is 2.93. The Labute approximate surface area is 117 Å². The van der Waals surface area contributed by atoms with Gasteiger partial charge in [-0.2, -0.15) is 0 Å². The number of rotatable bonds is 4. The minimum atomic E-state index is -2.58. The van der Waals surface area contributed by atoms with Gasteiger partial charge in [0.05, 0.1) is 0 Å². The van der Waals surface area contributed by atoms with Gasteiger partial charge in [-0.3, -0.25) is 4.79 Å². The second-order valence-corrected chi connectivity index (χ2v) is 5.80. The normalized spacial score (nSPS) is 22.2. The molecule has 0 radical (unpaired) electrons. The predicted molar refractivity (Wildman–Crippen MR) is 71.7 cm³/mol. The quantitative estimate of drug-likeness (QED) is 0.786. The zero-order valence-corrected chi connectivity index (χ0v) is 11.4. The lowest BCUT2D eigenvalue weighted by atomic mass is 9.83. The van der Waals surface area contributed by atoms with Crippen molar-refractivity contribution in [3.05, 3.63) is 34.9 Å². The van der Waals surface area contributed by atoms with E-state index < -0.39 is 5.92 Å². The summed E-state index contributed by atoms with van der Waals surface area (Å²) in [4.78, 5) is 11.9. The molecule has 1 fully saturated rings. The molecule has 1 nitrogen and oxygen atoms in total. The Morgan fingerprint density at radius 3 is 2.89 bits per heavy atom. The van der Waals surface area contributed by atoms with Gasteiger partial charge >= 0.3 is 0 Å². The van der Waals surface area contributed by atoms with Crippen LogP contribution in [-0.4, -0.2) is 11.7 Å². The maximum Gasteiger partial charge on any atom is 0.248 e. The molecule has 1 atom stereocenters. The first-order valence-electron chi connectivity index (χ1n) is 6.58. The van der Waals surface area contributed by atoms with Gasteiger partial charge < -0.3 is 0 Å². The number of benzene rings is 1. The molecule has 1 aromatic carbocycles. The van der Waals surface area contributed by atoms with Crippen LogP contribution in [0.15, 0.2) is 24.3 Å². The molecule has 0 aliphatic heterocycles. The summed E-state index contributed by atoms with van der Waals surface area (Å²) in [7, 11) is 0. The van der Waals surface area contributed by atoms with Crippen molar-refractivity contribution in [2.24, 2.45) is 5.92 Å². The highest BCUT2D eigenvalue weighted by atomic mass is 35.5. The van der Waals surface area contributed by atoms with Crippen LogP contribution in [0.2, 0.25) is 5.02 Å². The molecule has 1 aliphatic carbocycles. The summed E-state index contributed by atoms with van der Waals surface area (Å²) in [5.41, 5.74) is 0.847. The summed E-state index contributed by atoms with van der Waals surface area (Å²) in [6.45, 7) is 0. The molecule has 0 spiro atoms. The molecule has 1 unspecified atom stereocenters. The Morgan fingerprint density at radius 1 is 1.42 bits per heavy atom. The van der Waals surface area contributed by atoms with Crippen LogP contribution in [0.3, 0.4) is 0 Å². The second-order valence-electron chi connectivity index (χ2n) is 5.37. The number of carbonyl (C=O) groups excluding carboxylic acids is 1. The van der Waals surface area contributed by atoms with Crippen molar-refractivity contribution in [1.29, 1.82) is 0 Å². The number of alkyl halides is 2. The molecule has 0 saturated heterocycles. The van der Waals surface area contributed by atoms with Crippen LogP contribution < -0.4 is 0 Å². The molecule has 1 aliphatic rings. The number of Topliss-reactive ketones (excluding diaryl/α,β-unsaturated/α-hetero) is 1. The van der Waals surface area contributed by atoms with E-state index in [4.69, 9.17) is 11.6 Å². The fraction of sp³-hybridized carbons (Fsp3) is 0.533. The van der Waals surface area contributed by atoms with Gasteiger partial charge in [0.2, 0.25) is 5.92 Å². The van der Waals surface area contributed by atoms with Crippen LogP contribution in [-0.2, 0) is 11.2 Å². The highest BCUT2D eigenvalue weighted by Gasteiger charge is 2.36. The molecule has 0 amide bonds. The minimum Gasteiger partial charge on any atom is -0.299 e. The Kier molecular flexibility index (Phi) is 4.56. The van der Waals surface area contributed by atoms with Gasteiger partial charge in [0.15, 0.2) is 0 Å². The third-order valence-electron chi connectivity index (χ3n) is 3.55. The van der Waals surface area contributed by atoms with E-state index in [9.17, 15) is 13.6 Å². The van der Waals surface area contributed by atoms with Crippen LogP contribution in [0.1, 0.15) is 37.7 Å². The molecule has 104 valence electrons. The molecule has 4 heteroatoms. The van der Waals surface area contributed by atoms with Crippen LogP contribution in [0, 0.1) is 5.92 Å². The number of hydrogen-bond donors (Lipinski definition) is 0. The molecule has 19 heavy (non-hydrogen) atoms. The van der Waals surface area contributed by atoms with E-state index in [1.807, 2.05) is 6.07 Å². The van der Waals surface area contributed by atoms with Crippen molar-refractivity contribution < 1.29 is 13.6 Å². The molecular formula is C15H17ClF2O. The number of ketones is 1. The van der Waals surface area contributed by atoms with E-state index >= 15 is 0 Å². The van der Waals surface area contributed by atoms with Crippen LogP contribution in [0.5, 0.6) is 0 Å². The third-order valence-corrected chi connectivity index (χ3v) is 3.78. The highest BCUT2D eigenvalue weighted by Crippen LogP contribution is 2.38. The molecule has 0 bridgehead atoms. The number of carbonyl (C=O) groups is 1. The van der Waals surface area contributed by atoms with E-state index in [2.05, 4.69) is 0 Å². The molecule has 2 rings (SSSR count). The Morgan fingerprint density at radius 2 is 2.21 bits per heavy atom. The summed E-state index contributed by atoms with van der Waals surface area (Å²) in [5.74, 6) is -2.74. The van der Waals surface area contributed by atoms with Gasteiger partial charge in [-0.1, -0.05) is 23.7 Å². The monoisotopic (exact) mass is 286 g/mol. The Bertz CT molecular complexity index is 459. The van der Waals surface area contributed by atoms with Crippen molar-refractivity contribution in [2.45, 2.75) is 44.4 Å². The van der Waals surface area contributed by atoms with Crippen molar-refractivity contribution in [3.63, 3.8) is 0 Å². The van der Waals surface area contributed by atoms with Crippen LogP contribution >= 0.6 is 11.6 Å². The summed E-state index contributed by atoms with van der Waals surface area (Å²) < 4.78 is 26.5. The van der Waals surface area contributed by atoms with Gasteiger partial charge in [-0.05, 0) is 36.5 Å². The minimum absolute atomic E-state index is 0.0185. The summed E-state index contributed by atoms with van der Waals surface area (Å²) in [6, 6.07) is 7.12. The van der Waals surface area contributed by atoms with Crippen molar-refractivity contribution in [1.82, 2.24) is 0 Å². The molecule has 1 aromatic rings. The zero-order chi connectivity index (χ0) is 13.9. The molecule has 0 heterocycles. The topological polar surface area (TPSA) is 17.1 Å². The maximum absolute atomic E-state index is 13.3. The van der Waals surface area contributed by atoms with Crippen molar-refractivity contribution in [2.75, 3.05) is 0 Å². The van der Waals surface area contributed by atoms with E-state index in [1.54, 1.807) is 18.2 Å². The van der Waals surface area contributed by atoms with E-state index in [0.717, 1.165) is 12.0 Å².